The number of esters is 1. The Bertz CT molecular complexity index is 1870. The number of anilines is 1. The van der Waals surface area contributed by atoms with Gasteiger partial charge >= 0.3 is 11.7 Å². The van der Waals surface area contributed by atoms with Crippen molar-refractivity contribution in [2.24, 2.45) is 5.73 Å². The predicted octanol–water partition coefficient (Wildman–Crippen LogP) is 1.95. The highest BCUT2D eigenvalue weighted by Crippen LogP contribution is 2.25. The second-order valence-corrected chi connectivity index (χ2v) is 9.94. The van der Waals surface area contributed by atoms with Crippen LogP contribution in [-0.2, 0) is 29.2 Å². The maximum absolute atomic E-state index is 14.1. The molecule has 0 amide bonds. The van der Waals surface area contributed by atoms with Crippen molar-refractivity contribution >= 4 is 33.9 Å². The molecule has 1 saturated heterocycles. The maximum Gasteiger partial charge on any atom is 0.333 e. The van der Waals surface area contributed by atoms with Crippen LogP contribution in [0.2, 0.25) is 0 Å². The van der Waals surface area contributed by atoms with Gasteiger partial charge in [-0.3, -0.25) is 23.3 Å². The minimum atomic E-state index is -0.683. The van der Waals surface area contributed by atoms with E-state index in [0.29, 0.717) is 30.2 Å². The summed E-state index contributed by atoms with van der Waals surface area (Å²) in [6, 6.07) is 12.9. The summed E-state index contributed by atoms with van der Waals surface area (Å²) >= 11 is 0. The number of ether oxygens (including phenoxy) is 1. The number of carbonyl (C=O) groups is 1. The van der Waals surface area contributed by atoms with E-state index in [0.717, 1.165) is 28.2 Å². The molecule has 2 N–H and O–H groups in total. The molecular formula is C30H31N7O4. The first kappa shape index (κ1) is 27.7. The fraction of sp³-hybridized carbons (Fsp3) is 0.367. The Hall–Kier alpha value is -4.87. The molecule has 210 valence electrons. The Morgan fingerprint density at radius 2 is 1.93 bits per heavy atom. The van der Waals surface area contributed by atoms with Gasteiger partial charge in [0.25, 0.3) is 5.56 Å². The molecule has 2 aromatic heterocycles. The first-order chi connectivity index (χ1) is 19.9. The molecule has 1 aliphatic rings. The van der Waals surface area contributed by atoms with Crippen molar-refractivity contribution in [1.29, 1.82) is 5.26 Å². The van der Waals surface area contributed by atoms with E-state index in [2.05, 4.69) is 17.9 Å². The van der Waals surface area contributed by atoms with Gasteiger partial charge in [-0.25, -0.2) is 4.79 Å². The Morgan fingerprint density at radius 3 is 2.63 bits per heavy atom. The summed E-state index contributed by atoms with van der Waals surface area (Å²) < 4.78 is 9.17. The van der Waals surface area contributed by atoms with E-state index in [1.807, 2.05) is 29.2 Å². The summed E-state index contributed by atoms with van der Waals surface area (Å²) in [7, 11) is 0. The van der Waals surface area contributed by atoms with Gasteiger partial charge in [-0.1, -0.05) is 36.3 Å². The van der Waals surface area contributed by atoms with Crippen LogP contribution in [0, 0.1) is 23.2 Å². The summed E-state index contributed by atoms with van der Waals surface area (Å²) in [6.45, 7) is 4.44. The van der Waals surface area contributed by atoms with E-state index in [4.69, 9.17) is 15.5 Å². The fourth-order valence-corrected chi connectivity index (χ4v) is 5.40. The standard InChI is InChI=1S/C30H31N7O4/c1-3-5-15-35-26-27(33-29(35)34-14-8-9-22(32)18-34)36(19-25(38)41-4-2)30(40)37(28(26)39)17-21-13-12-20(16-31)23-10-6-7-11-24(21)23/h6-7,10-13,22H,4,8-9,14-15,17-19,32H2,1-2H3. The summed E-state index contributed by atoms with van der Waals surface area (Å²) in [5, 5.41) is 11.1. The van der Waals surface area contributed by atoms with Crippen molar-refractivity contribution in [2.75, 3.05) is 24.6 Å². The minimum Gasteiger partial charge on any atom is -0.465 e. The number of imidazole rings is 1. The largest absolute Gasteiger partial charge is 0.465 e. The van der Waals surface area contributed by atoms with Gasteiger partial charge in [-0.15, -0.1) is 5.92 Å². The van der Waals surface area contributed by atoms with Gasteiger partial charge in [-0.2, -0.15) is 10.2 Å². The molecule has 0 spiro atoms. The molecular weight excluding hydrogens is 522 g/mol. The fourth-order valence-electron chi connectivity index (χ4n) is 5.40. The normalized spacial score (nSPS) is 15.0. The van der Waals surface area contributed by atoms with Gasteiger partial charge in [0.15, 0.2) is 11.2 Å². The summed E-state index contributed by atoms with van der Waals surface area (Å²) in [4.78, 5) is 47.5. The van der Waals surface area contributed by atoms with Crippen LogP contribution < -0.4 is 21.9 Å². The molecule has 41 heavy (non-hydrogen) atoms. The van der Waals surface area contributed by atoms with E-state index < -0.39 is 23.8 Å². The SMILES string of the molecule is CC#CCn1c(N2CCCC(N)C2)nc2c1c(=O)n(Cc1ccc(C#N)c3ccccc13)c(=O)n2CC(=O)OCC. The maximum atomic E-state index is 14.1. The van der Waals surface area contributed by atoms with Crippen molar-refractivity contribution < 1.29 is 9.53 Å². The van der Waals surface area contributed by atoms with Crippen molar-refractivity contribution in [2.45, 2.75) is 52.4 Å². The number of aromatic nitrogens is 4. The molecule has 0 bridgehead atoms. The molecule has 0 aliphatic carbocycles. The molecule has 3 heterocycles. The Kier molecular flexibility index (Phi) is 7.90. The topological polar surface area (TPSA) is 141 Å². The third kappa shape index (κ3) is 5.20. The zero-order valence-corrected chi connectivity index (χ0v) is 23.1. The lowest BCUT2D eigenvalue weighted by Gasteiger charge is -2.31. The average molecular weight is 554 g/mol. The molecule has 4 aromatic rings. The van der Waals surface area contributed by atoms with Gasteiger partial charge in [0.2, 0.25) is 5.95 Å². The molecule has 1 atom stereocenters. The Labute approximate surface area is 236 Å². The number of hydrogen-bond acceptors (Lipinski definition) is 8. The zero-order chi connectivity index (χ0) is 29.1. The first-order valence-electron chi connectivity index (χ1n) is 13.6. The number of carbonyl (C=O) groups excluding carboxylic acids is 1. The van der Waals surface area contributed by atoms with Crippen LogP contribution in [-0.4, -0.2) is 50.4 Å². The number of fused-ring (bicyclic) bond motifs is 2. The number of rotatable bonds is 7. The lowest BCUT2D eigenvalue weighted by atomic mass is 10.00. The number of nitrogens with two attached hydrogens (primary N) is 1. The van der Waals surface area contributed by atoms with Gasteiger partial charge in [0, 0.05) is 19.1 Å². The number of piperidine rings is 1. The molecule has 5 rings (SSSR count). The van der Waals surface area contributed by atoms with E-state index in [9.17, 15) is 19.6 Å². The van der Waals surface area contributed by atoms with Crippen LogP contribution >= 0.6 is 0 Å². The Balaban J connectivity index is 1.77. The number of benzene rings is 2. The third-order valence-electron chi connectivity index (χ3n) is 7.30. The summed E-state index contributed by atoms with van der Waals surface area (Å²) in [5.74, 6) is 5.75. The lowest BCUT2D eigenvalue weighted by molar-refractivity contribution is -0.143. The van der Waals surface area contributed by atoms with Gasteiger partial charge < -0.3 is 15.4 Å². The average Bonchev–Trinajstić information content (AvgIpc) is 3.36. The Morgan fingerprint density at radius 1 is 1.15 bits per heavy atom. The van der Waals surface area contributed by atoms with Gasteiger partial charge in [0.05, 0.1) is 31.3 Å². The smallest absolute Gasteiger partial charge is 0.333 e. The summed E-state index contributed by atoms with van der Waals surface area (Å²) in [6.07, 6.45) is 1.74. The highest BCUT2D eigenvalue weighted by atomic mass is 16.5. The molecule has 11 heteroatoms. The molecule has 0 saturated carbocycles. The van der Waals surface area contributed by atoms with Crippen molar-refractivity contribution in [3.63, 3.8) is 0 Å². The van der Waals surface area contributed by atoms with E-state index in [1.54, 1.807) is 30.5 Å². The quantitative estimate of drug-likeness (QED) is 0.270. The number of nitriles is 1. The number of hydrogen-bond donors (Lipinski definition) is 1. The number of nitrogens with zero attached hydrogens (tertiary/aromatic N) is 6. The molecule has 1 fully saturated rings. The van der Waals surface area contributed by atoms with Crippen LogP contribution in [0.5, 0.6) is 0 Å². The van der Waals surface area contributed by atoms with E-state index in [-0.39, 0.29) is 36.9 Å². The lowest BCUT2D eigenvalue weighted by Crippen LogP contribution is -2.44. The monoisotopic (exact) mass is 553 g/mol. The molecule has 1 aliphatic heterocycles. The summed E-state index contributed by atoms with van der Waals surface area (Å²) in [5.41, 5.74) is 6.47. The van der Waals surface area contributed by atoms with Crippen LogP contribution in [0.25, 0.3) is 21.9 Å². The van der Waals surface area contributed by atoms with E-state index in [1.165, 1.54) is 4.57 Å². The molecule has 1 unspecified atom stereocenters. The third-order valence-corrected chi connectivity index (χ3v) is 7.30. The van der Waals surface area contributed by atoms with E-state index >= 15 is 0 Å². The molecule has 2 aromatic carbocycles. The zero-order valence-electron chi connectivity index (χ0n) is 23.1. The van der Waals surface area contributed by atoms with Gasteiger partial charge in [-0.05, 0) is 49.1 Å². The van der Waals surface area contributed by atoms with Crippen LogP contribution in [0.4, 0.5) is 5.95 Å². The van der Waals surface area contributed by atoms with Crippen LogP contribution in [0.3, 0.4) is 0 Å². The minimum absolute atomic E-state index is 0.0580. The predicted molar refractivity (Wildman–Crippen MR) is 156 cm³/mol. The molecule has 0 radical (unpaired) electrons. The van der Waals surface area contributed by atoms with Crippen LogP contribution in [0.15, 0.2) is 46.0 Å². The van der Waals surface area contributed by atoms with Crippen molar-refractivity contribution in [3.05, 3.63) is 68.4 Å². The first-order valence-corrected chi connectivity index (χ1v) is 13.6. The highest BCUT2D eigenvalue weighted by Gasteiger charge is 2.27. The van der Waals surface area contributed by atoms with Crippen molar-refractivity contribution in [3.8, 4) is 17.9 Å². The second-order valence-electron chi connectivity index (χ2n) is 9.94. The van der Waals surface area contributed by atoms with Crippen LogP contribution in [0.1, 0.15) is 37.8 Å². The second kappa shape index (κ2) is 11.7. The van der Waals surface area contributed by atoms with Crippen molar-refractivity contribution in [1.82, 2.24) is 18.7 Å². The highest BCUT2D eigenvalue weighted by molar-refractivity contribution is 5.90. The van der Waals surface area contributed by atoms with Gasteiger partial charge in [0.1, 0.15) is 6.54 Å². The molecule has 11 nitrogen and oxygen atoms in total.